The Morgan fingerprint density at radius 3 is 2.84 bits per heavy atom. The van der Waals surface area contributed by atoms with Crippen LogP contribution in [0.5, 0.6) is 0 Å². The number of ether oxygens (including phenoxy) is 1. The Labute approximate surface area is 112 Å². The quantitative estimate of drug-likeness (QED) is 0.623. The monoisotopic (exact) mass is 256 g/mol. The number of esters is 1. The molecule has 0 bridgehead atoms. The van der Waals surface area contributed by atoms with E-state index >= 15 is 0 Å². The molecule has 2 rings (SSSR count). The number of benzene rings is 1. The Hall–Kier alpha value is -2.23. The summed E-state index contributed by atoms with van der Waals surface area (Å²) in [6, 6.07) is 7.74. The highest BCUT2D eigenvalue weighted by Gasteiger charge is 2.09. The molecule has 0 amide bonds. The average Bonchev–Trinajstić information content (AvgIpc) is 2.44. The fourth-order valence-electron chi connectivity index (χ4n) is 1.74. The number of carbonyl (C=O) groups is 1. The summed E-state index contributed by atoms with van der Waals surface area (Å²) < 4.78 is 4.99. The highest BCUT2D eigenvalue weighted by molar-refractivity contribution is 5.93. The van der Waals surface area contributed by atoms with Crippen molar-refractivity contribution in [3.8, 4) is 0 Å². The van der Waals surface area contributed by atoms with Crippen molar-refractivity contribution >= 4 is 22.9 Å². The van der Waals surface area contributed by atoms with Crippen molar-refractivity contribution in [1.29, 1.82) is 0 Å². The second-order valence-electron chi connectivity index (χ2n) is 4.03. The predicted molar refractivity (Wildman–Crippen MR) is 74.4 cm³/mol. The first-order valence-corrected chi connectivity index (χ1v) is 6.34. The van der Waals surface area contributed by atoms with Crippen molar-refractivity contribution in [2.45, 2.75) is 20.3 Å². The average molecular weight is 256 g/mol. The summed E-state index contributed by atoms with van der Waals surface area (Å²) in [6.07, 6.45) is 4.03. The molecule has 0 radical (unpaired) electrons. The van der Waals surface area contributed by atoms with E-state index in [4.69, 9.17) is 4.74 Å². The molecule has 0 atom stereocenters. The van der Waals surface area contributed by atoms with E-state index in [1.807, 2.05) is 31.2 Å². The molecular formula is C15H16N2O2. The van der Waals surface area contributed by atoms with Gasteiger partial charge < -0.3 is 4.74 Å². The Bertz CT molecular complexity index is 620. The van der Waals surface area contributed by atoms with E-state index < -0.39 is 0 Å². The first-order valence-electron chi connectivity index (χ1n) is 6.34. The van der Waals surface area contributed by atoms with Gasteiger partial charge in [0, 0.05) is 17.2 Å². The molecule has 98 valence electrons. The normalized spacial score (nSPS) is 11.6. The highest BCUT2D eigenvalue weighted by atomic mass is 16.5. The lowest BCUT2D eigenvalue weighted by molar-refractivity contribution is -0.138. The van der Waals surface area contributed by atoms with Crippen molar-refractivity contribution in [2.24, 2.45) is 0 Å². The van der Waals surface area contributed by atoms with E-state index in [0.717, 1.165) is 10.9 Å². The van der Waals surface area contributed by atoms with Crippen LogP contribution in [-0.2, 0) is 9.53 Å². The van der Waals surface area contributed by atoms with E-state index in [2.05, 4.69) is 9.97 Å². The third-order valence-electron chi connectivity index (χ3n) is 2.73. The lowest BCUT2D eigenvalue weighted by Crippen LogP contribution is -2.07. The Kier molecular flexibility index (Phi) is 4.23. The fraction of sp³-hybridized carbons (Fsp3) is 0.267. The smallest absolute Gasteiger partial charge is 0.334 e. The Morgan fingerprint density at radius 2 is 2.11 bits per heavy atom. The van der Waals surface area contributed by atoms with Crippen LogP contribution in [0.2, 0.25) is 0 Å². The van der Waals surface area contributed by atoms with Crippen LogP contribution >= 0.6 is 0 Å². The molecule has 0 fully saturated rings. The molecule has 1 aromatic carbocycles. The Morgan fingerprint density at radius 1 is 1.32 bits per heavy atom. The van der Waals surface area contributed by atoms with Gasteiger partial charge in [-0.3, -0.25) is 0 Å². The minimum Gasteiger partial charge on any atom is -0.463 e. The zero-order valence-corrected chi connectivity index (χ0v) is 11.1. The zero-order valence-electron chi connectivity index (χ0n) is 11.1. The van der Waals surface area contributed by atoms with E-state index in [-0.39, 0.29) is 5.97 Å². The molecule has 0 aliphatic rings. The van der Waals surface area contributed by atoms with Crippen molar-refractivity contribution in [3.63, 3.8) is 0 Å². The van der Waals surface area contributed by atoms with Gasteiger partial charge in [0.1, 0.15) is 0 Å². The molecule has 0 aliphatic heterocycles. The molecule has 19 heavy (non-hydrogen) atoms. The number of rotatable bonds is 4. The van der Waals surface area contributed by atoms with Crippen molar-refractivity contribution in [1.82, 2.24) is 9.97 Å². The molecule has 0 aliphatic carbocycles. The van der Waals surface area contributed by atoms with Gasteiger partial charge >= 0.3 is 5.97 Å². The number of aromatic nitrogens is 2. The van der Waals surface area contributed by atoms with Crippen LogP contribution in [0.1, 0.15) is 26.1 Å². The molecule has 0 unspecified atom stereocenters. The molecule has 4 heteroatoms. The van der Waals surface area contributed by atoms with Gasteiger partial charge in [-0.15, -0.1) is 0 Å². The second kappa shape index (κ2) is 6.09. The largest absolute Gasteiger partial charge is 0.463 e. The third-order valence-corrected chi connectivity index (χ3v) is 2.73. The summed E-state index contributed by atoms with van der Waals surface area (Å²) in [5, 5.41) is 0.980. The standard InChI is InChI=1S/C15H16N2O2/c1-3-11(15(18)19-4-2)9-14-16-10-12-7-5-6-8-13(12)17-14/h5-10H,3-4H2,1-2H3/b11-9+. The summed E-state index contributed by atoms with van der Waals surface area (Å²) in [4.78, 5) is 20.3. The number of fused-ring (bicyclic) bond motifs is 1. The van der Waals surface area contributed by atoms with Gasteiger partial charge in [0.15, 0.2) is 5.82 Å². The molecular weight excluding hydrogens is 240 g/mol. The van der Waals surface area contributed by atoms with Crippen molar-refractivity contribution in [3.05, 3.63) is 41.9 Å². The van der Waals surface area contributed by atoms with E-state index in [1.165, 1.54) is 0 Å². The lowest BCUT2D eigenvalue weighted by Gasteiger charge is -2.04. The topological polar surface area (TPSA) is 52.1 Å². The van der Waals surface area contributed by atoms with Gasteiger partial charge in [0.2, 0.25) is 0 Å². The summed E-state index contributed by atoms with van der Waals surface area (Å²) in [6.45, 7) is 4.07. The van der Waals surface area contributed by atoms with Crippen LogP contribution in [0, 0.1) is 0 Å². The molecule has 2 aromatic rings. The van der Waals surface area contributed by atoms with Gasteiger partial charge in [-0.1, -0.05) is 25.1 Å². The maximum Gasteiger partial charge on any atom is 0.334 e. The first kappa shape index (κ1) is 13.2. The minimum atomic E-state index is -0.304. The zero-order chi connectivity index (χ0) is 13.7. The number of carbonyl (C=O) groups excluding carboxylic acids is 1. The molecule has 1 heterocycles. The first-order chi connectivity index (χ1) is 9.24. The summed E-state index contributed by atoms with van der Waals surface area (Å²) in [5.74, 6) is 0.227. The van der Waals surface area contributed by atoms with Gasteiger partial charge in [0.05, 0.1) is 12.1 Å². The SMILES string of the molecule is CCOC(=O)/C(=C/c1ncc2ccccc2n1)CC. The van der Waals surface area contributed by atoms with Crippen LogP contribution in [0.15, 0.2) is 36.0 Å². The summed E-state index contributed by atoms with van der Waals surface area (Å²) >= 11 is 0. The molecule has 0 saturated carbocycles. The maximum absolute atomic E-state index is 11.7. The Balaban J connectivity index is 2.35. The van der Waals surface area contributed by atoms with E-state index in [9.17, 15) is 4.79 Å². The highest BCUT2D eigenvalue weighted by Crippen LogP contribution is 2.13. The molecule has 0 saturated heterocycles. The number of para-hydroxylation sites is 1. The van der Waals surface area contributed by atoms with Crippen LogP contribution in [0.4, 0.5) is 0 Å². The lowest BCUT2D eigenvalue weighted by atomic mass is 10.2. The van der Waals surface area contributed by atoms with E-state index in [1.54, 1.807) is 19.2 Å². The van der Waals surface area contributed by atoms with Crippen molar-refractivity contribution in [2.75, 3.05) is 6.61 Å². The van der Waals surface area contributed by atoms with Crippen LogP contribution in [-0.4, -0.2) is 22.5 Å². The van der Waals surface area contributed by atoms with Gasteiger partial charge in [0.25, 0.3) is 0 Å². The van der Waals surface area contributed by atoms with Crippen molar-refractivity contribution < 1.29 is 9.53 Å². The van der Waals surface area contributed by atoms with E-state index in [0.29, 0.717) is 24.4 Å². The molecule has 0 N–H and O–H groups in total. The number of nitrogens with zero attached hydrogens (tertiary/aromatic N) is 2. The van der Waals surface area contributed by atoms with Crippen LogP contribution in [0.25, 0.3) is 17.0 Å². The summed E-state index contributed by atoms with van der Waals surface area (Å²) in [5.41, 5.74) is 1.44. The molecule has 1 aromatic heterocycles. The number of hydrogen-bond acceptors (Lipinski definition) is 4. The molecule has 0 spiro atoms. The summed E-state index contributed by atoms with van der Waals surface area (Å²) in [7, 11) is 0. The second-order valence-corrected chi connectivity index (χ2v) is 4.03. The van der Waals surface area contributed by atoms with Crippen LogP contribution < -0.4 is 0 Å². The fourth-order valence-corrected chi connectivity index (χ4v) is 1.74. The van der Waals surface area contributed by atoms with Gasteiger partial charge in [-0.2, -0.15) is 0 Å². The van der Waals surface area contributed by atoms with Gasteiger partial charge in [-0.05, 0) is 25.5 Å². The minimum absolute atomic E-state index is 0.304. The van der Waals surface area contributed by atoms with Crippen LogP contribution in [0.3, 0.4) is 0 Å². The number of hydrogen-bond donors (Lipinski definition) is 0. The third kappa shape index (κ3) is 3.16. The predicted octanol–water partition coefficient (Wildman–Crippen LogP) is 2.99. The molecule has 4 nitrogen and oxygen atoms in total. The maximum atomic E-state index is 11.7. The van der Waals surface area contributed by atoms with Gasteiger partial charge in [-0.25, -0.2) is 14.8 Å².